The van der Waals surface area contributed by atoms with E-state index < -0.39 is 0 Å². The lowest BCUT2D eigenvalue weighted by Gasteiger charge is -2.37. The van der Waals surface area contributed by atoms with Crippen molar-refractivity contribution in [2.24, 2.45) is 16.8 Å². The van der Waals surface area contributed by atoms with Crippen LogP contribution in [0.1, 0.15) is 47.0 Å². The predicted molar refractivity (Wildman–Crippen MR) is 97.0 cm³/mol. The SMILES string of the molecule is CCCCOCCOCCN=C(NCC)N1CC(C)CC(C)C1. The molecule has 23 heavy (non-hydrogen) atoms. The van der Waals surface area contributed by atoms with Crippen molar-refractivity contribution >= 4 is 5.96 Å². The molecule has 1 aliphatic heterocycles. The molecule has 5 nitrogen and oxygen atoms in total. The zero-order valence-corrected chi connectivity index (χ0v) is 15.6. The van der Waals surface area contributed by atoms with Crippen molar-refractivity contribution in [3.05, 3.63) is 0 Å². The third-order valence-electron chi connectivity index (χ3n) is 4.01. The average Bonchev–Trinajstić information content (AvgIpc) is 2.51. The van der Waals surface area contributed by atoms with Crippen molar-refractivity contribution in [1.82, 2.24) is 10.2 Å². The minimum absolute atomic E-state index is 0.658. The van der Waals surface area contributed by atoms with Crippen LogP contribution in [0.2, 0.25) is 0 Å². The molecule has 1 rings (SSSR count). The van der Waals surface area contributed by atoms with Gasteiger partial charge in [0.15, 0.2) is 5.96 Å². The van der Waals surface area contributed by atoms with Crippen molar-refractivity contribution in [1.29, 1.82) is 0 Å². The third kappa shape index (κ3) is 9.16. The van der Waals surface area contributed by atoms with Crippen LogP contribution in [0.5, 0.6) is 0 Å². The molecule has 0 bridgehead atoms. The molecule has 1 aliphatic rings. The summed E-state index contributed by atoms with van der Waals surface area (Å²) in [6.07, 6.45) is 3.62. The molecule has 0 aromatic heterocycles. The lowest BCUT2D eigenvalue weighted by atomic mass is 9.92. The van der Waals surface area contributed by atoms with Crippen molar-refractivity contribution in [3.63, 3.8) is 0 Å². The van der Waals surface area contributed by atoms with Gasteiger partial charge in [0.05, 0.1) is 26.4 Å². The molecule has 0 aliphatic carbocycles. The normalized spacial score (nSPS) is 22.4. The van der Waals surface area contributed by atoms with E-state index in [0.717, 1.165) is 50.5 Å². The van der Waals surface area contributed by atoms with Gasteiger partial charge in [0, 0.05) is 26.2 Å². The lowest BCUT2D eigenvalue weighted by Crippen LogP contribution is -2.48. The number of hydrogen-bond acceptors (Lipinski definition) is 3. The molecule has 0 aromatic rings. The number of likely N-dealkylation sites (tertiary alicyclic amines) is 1. The summed E-state index contributed by atoms with van der Waals surface area (Å²) in [6, 6.07) is 0. The summed E-state index contributed by atoms with van der Waals surface area (Å²) in [5.74, 6) is 2.51. The third-order valence-corrected chi connectivity index (χ3v) is 4.01. The Hall–Kier alpha value is -0.810. The summed E-state index contributed by atoms with van der Waals surface area (Å²) in [5, 5.41) is 3.41. The number of ether oxygens (including phenoxy) is 2. The highest BCUT2D eigenvalue weighted by Crippen LogP contribution is 2.20. The average molecular weight is 328 g/mol. The second-order valence-electron chi connectivity index (χ2n) is 6.66. The fourth-order valence-corrected chi connectivity index (χ4v) is 3.05. The Kier molecular flexibility index (Phi) is 11.1. The Bertz CT molecular complexity index is 313. The topological polar surface area (TPSA) is 46.1 Å². The maximum atomic E-state index is 5.59. The lowest BCUT2D eigenvalue weighted by molar-refractivity contribution is 0.0497. The first-order chi connectivity index (χ1) is 11.2. The van der Waals surface area contributed by atoms with Gasteiger partial charge in [0.25, 0.3) is 0 Å². The first-order valence-corrected chi connectivity index (χ1v) is 9.36. The largest absolute Gasteiger partial charge is 0.379 e. The van der Waals surface area contributed by atoms with E-state index in [0.29, 0.717) is 26.4 Å². The van der Waals surface area contributed by atoms with Crippen LogP contribution < -0.4 is 5.32 Å². The molecule has 0 spiro atoms. The molecule has 0 aromatic carbocycles. The van der Waals surface area contributed by atoms with E-state index in [4.69, 9.17) is 14.5 Å². The van der Waals surface area contributed by atoms with E-state index in [1.54, 1.807) is 0 Å². The van der Waals surface area contributed by atoms with Crippen LogP contribution in [-0.2, 0) is 9.47 Å². The molecular formula is C18H37N3O2. The highest BCUT2D eigenvalue weighted by molar-refractivity contribution is 5.80. The molecule has 2 unspecified atom stereocenters. The number of unbranched alkanes of at least 4 members (excludes halogenated alkanes) is 1. The van der Waals surface area contributed by atoms with Crippen molar-refractivity contribution in [2.45, 2.75) is 47.0 Å². The van der Waals surface area contributed by atoms with E-state index in [-0.39, 0.29) is 0 Å². The standard InChI is InChI=1S/C18H37N3O2/c1-5-7-9-22-11-12-23-10-8-20-18(19-6-2)21-14-16(3)13-17(4)15-21/h16-17H,5-15H2,1-4H3,(H,19,20). The molecule has 1 heterocycles. The Morgan fingerprint density at radius 1 is 1.04 bits per heavy atom. The highest BCUT2D eigenvalue weighted by Gasteiger charge is 2.23. The van der Waals surface area contributed by atoms with Crippen LogP contribution in [0.15, 0.2) is 4.99 Å². The maximum absolute atomic E-state index is 5.59. The Morgan fingerprint density at radius 3 is 2.30 bits per heavy atom. The summed E-state index contributed by atoms with van der Waals surface area (Å²) in [7, 11) is 0. The summed E-state index contributed by atoms with van der Waals surface area (Å²) < 4.78 is 11.1. The van der Waals surface area contributed by atoms with E-state index in [1.165, 1.54) is 12.8 Å². The zero-order valence-electron chi connectivity index (χ0n) is 15.6. The number of nitrogens with zero attached hydrogens (tertiary/aromatic N) is 2. The smallest absolute Gasteiger partial charge is 0.194 e. The van der Waals surface area contributed by atoms with Gasteiger partial charge >= 0.3 is 0 Å². The van der Waals surface area contributed by atoms with Gasteiger partial charge in [-0.1, -0.05) is 27.2 Å². The second kappa shape index (κ2) is 12.6. The van der Waals surface area contributed by atoms with E-state index in [1.807, 2.05) is 0 Å². The van der Waals surface area contributed by atoms with E-state index in [9.17, 15) is 0 Å². The fourth-order valence-electron chi connectivity index (χ4n) is 3.05. The number of hydrogen-bond donors (Lipinski definition) is 1. The summed E-state index contributed by atoms with van der Waals surface area (Å²) >= 11 is 0. The number of rotatable bonds is 10. The van der Waals surface area contributed by atoms with Gasteiger partial charge < -0.3 is 19.7 Å². The molecule has 136 valence electrons. The van der Waals surface area contributed by atoms with Crippen LogP contribution in [0.4, 0.5) is 0 Å². The Balaban J connectivity index is 2.24. The van der Waals surface area contributed by atoms with Gasteiger partial charge in [-0.2, -0.15) is 0 Å². The van der Waals surface area contributed by atoms with Crippen molar-refractivity contribution < 1.29 is 9.47 Å². The number of nitrogens with one attached hydrogen (secondary N) is 1. The van der Waals surface area contributed by atoms with Crippen LogP contribution in [0, 0.1) is 11.8 Å². The van der Waals surface area contributed by atoms with Crippen LogP contribution in [-0.4, -0.2) is 63.5 Å². The van der Waals surface area contributed by atoms with Gasteiger partial charge in [0.1, 0.15) is 0 Å². The van der Waals surface area contributed by atoms with Gasteiger partial charge in [-0.15, -0.1) is 0 Å². The van der Waals surface area contributed by atoms with Crippen LogP contribution >= 0.6 is 0 Å². The van der Waals surface area contributed by atoms with Crippen LogP contribution in [0.25, 0.3) is 0 Å². The van der Waals surface area contributed by atoms with Crippen molar-refractivity contribution in [2.75, 3.05) is 52.6 Å². The van der Waals surface area contributed by atoms with Gasteiger partial charge in [-0.3, -0.25) is 4.99 Å². The van der Waals surface area contributed by atoms with Crippen molar-refractivity contribution in [3.8, 4) is 0 Å². The van der Waals surface area contributed by atoms with Gasteiger partial charge in [0.2, 0.25) is 0 Å². The molecule has 5 heteroatoms. The molecule has 2 atom stereocenters. The zero-order chi connectivity index (χ0) is 16.9. The number of guanidine groups is 1. The molecule has 1 saturated heterocycles. The Labute approximate surface area is 142 Å². The predicted octanol–water partition coefficient (Wildman–Crippen LogP) is 2.76. The molecule has 1 fully saturated rings. The fraction of sp³-hybridized carbons (Fsp3) is 0.944. The molecular weight excluding hydrogens is 290 g/mol. The Morgan fingerprint density at radius 2 is 1.70 bits per heavy atom. The van der Waals surface area contributed by atoms with Gasteiger partial charge in [-0.25, -0.2) is 0 Å². The maximum Gasteiger partial charge on any atom is 0.194 e. The second-order valence-corrected chi connectivity index (χ2v) is 6.66. The molecule has 0 saturated carbocycles. The van der Waals surface area contributed by atoms with Crippen LogP contribution in [0.3, 0.4) is 0 Å². The van der Waals surface area contributed by atoms with E-state index in [2.05, 4.69) is 37.9 Å². The molecule has 0 radical (unpaired) electrons. The quantitative estimate of drug-likeness (QED) is 0.381. The highest BCUT2D eigenvalue weighted by atomic mass is 16.5. The minimum Gasteiger partial charge on any atom is -0.379 e. The first-order valence-electron chi connectivity index (χ1n) is 9.36. The number of piperidine rings is 1. The summed E-state index contributed by atoms with van der Waals surface area (Å²) in [6.45, 7) is 15.6. The number of aliphatic imine (C=N–C) groups is 1. The minimum atomic E-state index is 0.658. The monoisotopic (exact) mass is 327 g/mol. The molecule has 1 N–H and O–H groups in total. The summed E-state index contributed by atoms with van der Waals surface area (Å²) in [4.78, 5) is 7.12. The first kappa shape index (κ1) is 20.2. The molecule has 0 amide bonds. The van der Waals surface area contributed by atoms with Gasteiger partial charge in [-0.05, 0) is 31.6 Å². The van der Waals surface area contributed by atoms with E-state index >= 15 is 0 Å². The summed E-state index contributed by atoms with van der Waals surface area (Å²) in [5.41, 5.74) is 0.